The minimum atomic E-state index is -0.608. The Kier molecular flexibility index (Phi) is 4.88. The molecule has 1 heterocycles. The molecule has 1 aromatic heterocycles. The van der Waals surface area contributed by atoms with E-state index >= 15 is 0 Å². The Morgan fingerprint density at radius 2 is 2.19 bits per heavy atom. The molecule has 5 nitrogen and oxygen atoms in total. The van der Waals surface area contributed by atoms with Crippen LogP contribution in [0, 0.1) is 0 Å². The smallest absolute Gasteiger partial charge is 0.254 e. The summed E-state index contributed by atoms with van der Waals surface area (Å²) < 4.78 is 4.98. The Bertz CT molecular complexity index is 677. The van der Waals surface area contributed by atoms with Crippen molar-refractivity contribution < 1.29 is 9.53 Å². The van der Waals surface area contributed by atoms with Gasteiger partial charge in [-0.05, 0) is 17.7 Å². The molecule has 1 aromatic carbocycles. The van der Waals surface area contributed by atoms with E-state index in [4.69, 9.17) is 33.7 Å². The van der Waals surface area contributed by atoms with Crippen molar-refractivity contribution in [2.45, 2.75) is 6.54 Å². The fraction of sp³-hybridized carbons (Fsp3) is 0.143. The number of amides is 1. The van der Waals surface area contributed by atoms with E-state index in [1.807, 2.05) is 12.1 Å². The number of carbonyl (C=O) groups excluding carboxylic acids is 1. The van der Waals surface area contributed by atoms with Gasteiger partial charge in [0.15, 0.2) is 0 Å². The van der Waals surface area contributed by atoms with Gasteiger partial charge in [0.05, 0.1) is 29.0 Å². The first-order chi connectivity index (χ1) is 10.0. The number of primary amides is 1. The molecule has 0 spiro atoms. The van der Waals surface area contributed by atoms with Crippen molar-refractivity contribution in [3.8, 4) is 5.88 Å². The predicted molar refractivity (Wildman–Crippen MR) is 83.1 cm³/mol. The summed E-state index contributed by atoms with van der Waals surface area (Å²) >= 11 is 12.1. The van der Waals surface area contributed by atoms with Crippen LogP contribution in [0.15, 0.2) is 30.5 Å². The van der Waals surface area contributed by atoms with Gasteiger partial charge in [-0.3, -0.25) is 4.79 Å². The molecule has 0 saturated carbocycles. The number of carbonyl (C=O) groups is 1. The highest BCUT2D eigenvalue weighted by Gasteiger charge is 2.11. The number of hydrogen-bond donors (Lipinski definition) is 2. The van der Waals surface area contributed by atoms with Gasteiger partial charge in [-0.2, -0.15) is 0 Å². The second kappa shape index (κ2) is 6.65. The third-order valence-electron chi connectivity index (χ3n) is 2.82. The quantitative estimate of drug-likeness (QED) is 0.885. The average molecular weight is 326 g/mol. The second-order valence-corrected chi connectivity index (χ2v) is 5.00. The molecule has 2 rings (SSSR count). The van der Waals surface area contributed by atoms with Gasteiger partial charge in [0.25, 0.3) is 5.91 Å². The van der Waals surface area contributed by atoms with Gasteiger partial charge in [0.1, 0.15) is 5.56 Å². The van der Waals surface area contributed by atoms with Crippen molar-refractivity contribution in [1.82, 2.24) is 4.98 Å². The van der Waals surface area contributed by atoms with E-state index in [2.05, 4.69) is 10.3 Å². The van der Waals surface area contributed by atoms with Gasteiger partial charge in [-0.1, -0.05) is 35.3 Å². The Morgan fingerprint density at radius 3 is 2.86 bits per heavy atom. The molecule has 0 atom stereocenters. The molecule has 0 bridgehead atoms. The van der Waals surface area contributed by atoms with Crippen molar-refractivity contribution in [2.24, 2.45) is 5.73 Å². The number of rotatable bonds is 5. The minimum Gasteiger partial charge on any atom is -0.480 e. The van der Waals surface area contributed by atoms with Crippen LogP contribution in [0.3, 0.4) is 0 Å². The highest BCUT2D eigenvalue weighted by Crippen LogP contribution is 2.26. The summed E-state index contributed by atoms with van der Waals surface area (Å²) in [4.78, 5) is 15.4. The Labute approximate surface area is 132 Å². The van der Waals surface area contributed by atoms with Gasteiger partial charge in [-0.25, -0.2) is 4.98 Å². The topological polar surface area (TPSA) is 77.2 Å². The van der Waals surface area contributed by atoms with Crippen LogP contribution in [-0.4, -0.2) is 18.0 Å². The zero-order chi connectivity index (χ0) is 15.4. The van der Waals surface area contributed by atoms with Gasteiger partial charge in [0.2, 0.25) is 5.88 Å². The Hall–Kier alpha value is -1.98. The molecule has 0 aliphatic heterocycles. The molecule has 21 heavy (non-hydrogen) atoms. The first kappa shape index (κ1) is 15.4. The van der Waals surface area contributed by atoms with Crippen LogP contribution in [0.4, 0.5) is 5.69 Å². The molecule has 0 unspecified atom stereocenters. The van der Waals surface area contributed by atoms with E-state index in [9.17, 15) is 4.79 Å². The lowest BCUT2D eigenvalue weighted by Gasteiger charge is -2.11. The molecule has 0 saturated heterocycles. The largest absolute Gasteiger partial charge is 0.480 e. The molecule has 1 amide bonds. The van der Waals surface area contributed by atoms with Crippen LogP contribution < -0.4 is 15.8 Å². The van der Waals surface area contributed by atoms with E-state index < -0.39 is 5.91 Å². The maximum atomic E-state index is 11.3. The van der Waals surface area contributed by atoms with Crippen molar-refractivity contribution >= 4 is 34.8 Å². The standard InChI is InChI=1S/C14H13Cl2N3O2/c1-21-14-10(13(17)20)5-9(7-19-14)18-6-8-3-2-4-11(15)12(8)16/h2-5,7,18H,6H2,1H3,(H2,17,20). The Morgan fingerprint density at radius 1 is 1.43 bits per heavy atom. The highest BCUT2D eigenvalue weighted by atomic mass is 35.5. The number of hydrogen-bond acceptors (Lipinski definition) is 4. The number of nitrogens with one attached hydrogen (secondary N) is 1. The summed E-state index contributed by atoms with van der Waals surface area (Å²) in [5.41, 5.74) is 6.95. The van der Waals surface area contributed by atoms with E-state index in [1.54, 1.807) is 18.3 Å². The lowest BCUT2D eigenvalue weighted by molar-refractivity contribution is 0.0996. The van der Waals surface area contributed by atoms with Crippen molar-refractivity contribution in [2.75, 3.05) is 12.4 Å². The molecule has 0 fully saturated rings. The van der Waals surface area contributed by atoms with Crippen molar-refractivity contribution in [3.05, 3.63) is 51.6 Å². The lowest BCUT2D eigenvalue weighted by Crippen LogP contribution is -2.14. The Balaban J connectivity index is 2.19. The predicted octanol–water partition coefficient (Wildman–Crippen LogP) is 3.11. The molecule has 110 valence electrons. The summed E-state index contributed by atoms with van der Waals surface area (Å²) in [6, 6.07) is 6.96. The number of nitrogens with two attached hydrogens (primary N) is 1. The van der Waals surface area contributed by atoms with Crippen LogP contribution in [0.5, 0.6) is 5.88 Å². The van der Waals surface area contributed by atoms with Gasteiger partial charge < -0.3 is 15.8 Å². The van der Waals surface area contributed by atoms with Crippen LogP contribution in [-0.2, 0) is 6.54 Å². The number of aromatic nitrogens is 1. The fourth-order valence-corrected chi connectivity index (χ4v) is 2.16. The first-order valence-electron chi connectivity index (χ1n) is 6.03. The number of ether oxygens (including phenoxy) is 1. The van der Waals surface area contributed by atoms with Gasteiger partial charge in [-0.15, -0.1) is 0 Å². The molecule has 0 aliphatic rings. The summed E-state index contributed by atoms with van der Waals surface area (Å²) in [6.45, 7) is 0.436. The van der Waals surface area contributed by atoms with Crippen LogP contribution in [0.25, 0.3) is 0 Å². The zero-order valence-corrected chi connectivity index (χ0v) is 12.7. The van der Waals surface area contributed by atoms with Crippen LogP contribution in [0.1, 0.15) is 15.9 Å². The van der Waals surface area contributed by atoms with E-state index in [-0.39, 0.29) is 11.4 Å². The molecule has 0 aliphatic carbocycles. The molecule has 0 radical (unpaired) electrons. The third-order valence-corrected chi connectivity index (χ3v) is 3.68. The molecule has 3 N–H and O–H groups in total. The summed E-state index contributed by atoms with van der Waals surface area (Å²) in [7, 11) is 1.42. The molecule has 7 heteroatoms. The number of anilines is 1. The second-order valence-electron chi connectivity index (χ2n) is 4.21. The average Bonchev–Trinajstić information content (AvgIpc) is 2.48. The highest BCUT2D eigenvalue weighted by molar-refractivity contribution is 6.42. The third kappa shape index (κ3) is 3.56. The lowest BCUT2D eigenvalue weighted by atomic mass is 10.2. The monoisotopic (exact) mass is 325 g/mol. The number of methoxy groups -OCH3 is 1. The number of benzene rings is 1. The summed E-state index contributed by atoms with van der Waals surface area (Å²) in [5, 5.41) is 4.08. The van der Waals surface area contributed by atoms with Crippen LogP contribution >= 0.6 is 23.2 Å². The number of halogens is 2. The zero-order valence-electron chi connectivity index (χ0n) is 11.2. The fourth-order valence-electron chi connectivity index (χ4n) is 1.77. The molecular formula is C14H13Cl2N3O2. The van der Waals surface area contributed by atoms with Crippen molar-refractivity contribution in [1.29, 1.82) is 0 Å². The van der Waals surface area contributed by atoms with Gasteiger partial charge in [0, 0.05) is 6.54 Å². The maximum Gasteiger partial charge on any atom is 0.254 e. The number of pyridine rings is 1. The van der Waals surface area contributed by atoms with E-state index in [0.717, 1.165) is 5.56 Å². The van der Waals surface area contributed by atoms with E-state index in [0.29, 0.717) is 22.3 Å². The SMILES string of the molecule is COc1ncc(NCc2cccc(Cl)c2Cl)cc1C(N)=O. The number of nitrogens with zero attached hydrogens (tertiary/aromatic N) is 1. The molecular weight excluding hydrogens is 313 g/mol. The van der Waals surface area contributed by atoms with Gasteiger partial charge >= 0.3 is 0 Å². The van der Waals surface area contributed by atoms with Crippen LogP contribution in [0.2, 0.25) is 10.0 Å². The molecule has 2 aromatic rings. The summed E-state index contributed by atoms with van der Waals surface area (Å²) in [6.07, 6.45) is 1.55. The van der Waals surface area contributed by atoms with E-state index in [1.165, 1.54) is 7.11 Å². The van der Waals surface area contributed by atoms with Crippen molar-refractivity contribution in [3.63, 3.8) is 0 Å². The first-order valence-corrected chi connectivity index (χ1v) is 6.79. The maximum absolute atomic E-state index is 11.3. The normalized spacial score (nSPS) is 10.2. The minimum absolute atomic E-state index is 0.189. The summed E-state index contributed by atoms with van der Waals surface area (Å²) in [5.74, 6) is -0.419.